The second-order valence-corrected chi connectivity index (χ2v) is 5.48. The van der Waals surface area contributed by atoms with Gasteiger partial charge in [-0.2, -0.15) is 0 Å². The van der Waals surface area contributed by atoms with Crippen molar-refractivity contribution in [1.29, 1.82) is 0 Å². The normalized spacial score (nSPS) is 18.0. The van der Waals surface area contributed by atoms with Gasteiger partial charge in [-0.15, -0.1) is 0 Å². The summed E-state index contributed by atoms with van der Waals surface area (Å²) in [6, 6.07) is 0.184. The van der Waals surface area contributed by atoms with Gasteiger partial charge in [-0.1, -0.05) is 32.1 Å². The third kappa shape index (κ3) is 6.05. The number of nitrogens with zero attached hydrogens (tertiary/aromatic N) is 1. The van der Waals surface area contributed by atoms with E-state index in [0.717, 1.165) is 12.3 Å². The fourth-order valence-electron chi connectivity index (χ4n) is 2.64. The number of rotatable bonds is 7. The van der Waals surface area contributed by atoms with Gasteiger partial charge in [0.05, 0.1) is 0 Å². The van der Waals surface area contributed by atoms with E-state index in [0.29, 0.717) is 0 Å². The van der Waals surface area contributed by atoms with Crippen LogP contribution >= 0.6 is 0 Å². The molecular weight excluding hydrogens is 246 g/mol. The van der Waals surface area contributed by atoms with Crippen LogP contribution < -0.4 is 0 Å². The molecule has 1 saturated carbocycles. The van der Waals surface area contributed by atoms with Crippen molar-refractivity contribution in [3.05, 3.63) is 0 Å². The molecule has 5 nitrogen and oxygen atoms in total. The van der Waals surface area contributed by atoms with Crippen molar-refractivity contribution >= 4 is 11.9 Å². The Morgan fingerprint density at radius 3 is 2.47 bits per heavy atom. The summed E-state index contributed by atoms with van der Waals surface area (Å²) in [7, 11) is 1.76. The maximum absolute atomic E-state index is 11.8. The van der Waals surface area contributed by atoms with Crippen LogP contribution in [0.5, 0.6) is 0 Å². The third-order valence-corrected chi connectivity index (χ3v) is 3.90. The molecule has 0 spiro atoms. The van der Waals surface area contributed by atoms with Crippen LogP contribution in [-0.4, -0.2) is 48.2 Å². The molecule has 110 valence electrons. The van der Waals surface area contributed by atoms with Crippen molar-refractivity contribution in [2.45, 2.75) is 51.5 Å². The highest BCUT2D eigenvalue weighted by Gasteiger charge is 2.21. The summed E-state index contributed by atoms with van der Waals surface area (Å²) in [6.45, 7) is 1.47. The first kappa shape index (κ1) is 16.0. The molecule has 1 aliphatic carbocycles. The number of hydrogen-bond acceptors (Lipinski definition) is 3. The average molecular weight is 271 g/mol. The van der Waals surface area contributed by atoms with Crippen molar-refractivity contribution in [2.24, 2.45) is 5.92 Å². The molecule has 0 aromatic heterocycles. The van der Waals surface area contributed by atoms with Crippen LogP contribution in [0.2, 0.25) is 0 Å². The molecule has 1 aliphatic rings. The lowest BCUT2D eigenvalue weighted by molar-refractivity contribution is -0.146. The van der Waals surface area contributed by atoms with E-state index in [1.54, 1.807) is 11.9 Å². The minimum atomic E-state index is -1.05. The highest BCUT2D eigenvalue weighted by atomic mass is 16.5. The Kier molecular flexibility index (Phi) is 6.84. The van der Waals surface area contributed by atoms with Crippen LogP contribution in [0.25, 0.3) is 0 Å². The van der Waals surface area contributed by atoms with Gasteiger partial charge in [0.1, 0.15) is 13.2 Å². The van der Waals surface area contributed by atoms with Crippen LogP contribution in [0.15, 0.2) is 0 Å². The highest BCUT2D eigenvalue weighted by molar-refractivity contribution is 5.78. The van der Waals surface area contributed by atoms with E-state index < -0.39 is 12.6 Å². The number of carbonyl (C=O) groups is 2. The van der Waals surface area contributed by atoms with Gasteiger partial charge in [-0.05, 0) is 19.3 Å². The quantitative estimate of drug-likeness (QED) is 0.768. The van der Waals surface area contributed by atoms with E-state index in [9.17, 15) is 9.59 Å². The molecule has 1 rings (SSSR count). The smallest absolute Gasteiger partial charge is 0.329 e. The van der Waals surface area contributed by atoms with Gasteiger partial charge in [0.2, 0.25) is 5.91 Å². The maximum Gasteiger partial charge on any atom is 0.329 e. The number of carboxylic acids is 1. The van der Waals surface area contributed by atoms with Gasteiger partial charge in [-0.25, -0.2) is 4.79 Å². The van der Waals surface area contributed by atoms with Gasteiger partial charge in [0.25, 0.3) is 0 Å². The summed E-state index contributed by atoms with van der Waals surface area (Å²) in [5.74, 6) is -0.478. The predicted molar refractivity (Wildman–Crippen MR) is 71.9 cm³/mol. The van der Waals surface area contributed by atoms with E-state index in [1.165, 1.54) is 32.1 Å². The first-order chi connectivity index (χ1) is 9.00. The van der Waals surface area contributed by atoms with Crippen molar-refractivity contribution in [3.8, 4) is 0 Å². The molecule has 0 aromatic carbocycles. The highest BCUT2D eigenvalue weighted by Crippen LogP contribution is 2.28. The zero-order chi connectivity index (χ0) is 14.3. The van der Waals surface area contributed by atoms with Crippen molar-refractivity contribution < 1.29 is 19.4 Å². The van der Waals surface area contributed by atoms with Gasteiger partial charge >= 0.3 is 5.97 Å². The zero-order valence-electron chi connectivity index (χ0n) is 11.9. The Balaban J connectivity index is 2.27. The summed E-state index contributed by atoms with van der Waals surface area (Å²) in [5, 5.41) is 8.44. The van der Waals surface area contributed by atoms with E-state index in [1.807, 2.05) is 6.92 Å². The SMILES string of the molecule is CC(CC1CCCCC1)N(C)C(=O)COCC(=O)O. The van der Waals surface area contributed by atoms with E-state index >= 15 is 0 Å². The van der Waals surface area contributed by atoms with Gasteiger partial charge in [0.15, 0.2) is 0 Å². The van der Waals surface area contributed by atoms with Crippen LogP contribution in [0.4, 0.5) is 0 Å². The number of hydrogen-bond donors (Lipinski definition) is 1. The summed E-state index contributed by atoms with van der Waals surface area (Å²) in [4.78, 5) is 23.8. The second kappa shape index (κ2) is 8.15. The van der Waals surface area contributed by atoms with Crippen LogP contribution in [0.3, 0.4) is 0 Å². The average Bonchev–Trinajstić information content (AvgIpc) is 2.38. The molecule has 0 radical (unpaired) electrons. The van der Waals surface area contributed by atoms with E-state index in [4.69, 9.17) is 9.84 Å². The second-order valence-electron chi connectivity index (χ2n) is 5.48. The molecule has 0 heterocycles. The molecule has 1 amide bonds. The largest absolute Gasteiger partial charge is 0.480 e. The Labute approximate surface area is 114 Å². The fraction of sp³-hybridized carbons (Fsp3) is 0.857. The number of likely N-dealkylation sites (N-methyl/N-ethyl adjacent to an activating group) is 1. The van der Waals surface area contributed by atoms with Crippen LogP contribution in [-0.2, 0) is 14.3 Å². The van der Waals surface area contributed by atoms with Crippen molar-refractivity contribution in [1.82, 2.24) is 4.90 Å². The molecular formula is C14H25NO4. The molecule has 1 atom stereocenters. The van der Waals surface area contributed by atoms with Crippen molar-refractivity contribution in [2.75, 3.05) is 20.3 Å². The number of aliphatic carboxylic acids is 1. The zero-order valence-corrected chi connectivity index (χ0v) is 11.9. The van der Waals surface area contributed by atoms with Crippen LogP contribution in [0, 0.1) is 5.92 Å². The minimum absolute atomic E-state index is 0.149. The minimum Gasteiger partial charge on any atom is -0.480 e. The van der Waals surface area contributed by atoms with Gasteiger partial charge < -0.3 is 14.7 Å². The topological polar surface area (TPSA) is 66.8 Å². The number of ether oxygens (including phenoxy) is 1. The molecule has 1 unspecified atom stereocenters. The Morgan fingerprint density at radius 1 is 1.26 bits per heavy atom. The maximum atomic E-state index is 11.8. The Hall–Kier alpha value is -1.10. The van der Waals surface area contributed by atoms with E-state index in [-0.39, 0.29) is 18.6 Å². The molecule has 5 heteroatoms. The molecule has 1 fully saturated rings. The standard InChI is InChI=1S/C14H25NO4/c1-11(8-12-6-4-3-5-7-12)15(2)13(16)9-19-10-14(17)18/h11-12H,3-10H2,1-2H3,(H,17,18). The molecule has 1 N–H and O–H groups in total. The molecule has 19 heavy (non-hydrogen) atoms. The summed E-state index contributed by atoms with van der Waals surface area (Å²) < 4.78 is 4.83. The first-order valence-electron chi connectivity index (χ1n) is 7.06. The molecule has 0 aromatic rings. The Bertz CT molecular complexity index is 300. The number of carboxylic acid groups (broad SMARTS) is 1. The molecule has 0 saturated heterocycles. The molecule has 0 aliphatic heterocycles. The fourth-order valence-corrected chi connectivity index (χ4v) is 2.64. The lowest BCUT2D eigenvalue weighted by Gasteiger charge is -2.30. The summed E-state index contributed by atoms with van der Waals surface area (Å²) >= 11 is 0. The summed E-state index contributed by atoms with van der Waals surface area (Å²) in [5.41, 5.74) is 0. The molecule has 0 bridgehead atoms. The number of carbonyl (C=O) groups excluding carboxylic acids is 1. The number of amides is 1. The predicted octanol–water partition coefficient (Wildman–Crippen LogP) is 1.90. The van der Waals surface area contributed by atoms with Crippen molar-refractivity contribution in [3.63, 3.8) is 0 Å². The van der Waals surface area contributed by atoms with E-state index in [2.05, 4.69) is 0 Å². The van der Waals surface area contributed by atoms with Gasteiger partial charge in [0, 0.05) is 13.1 Å². The first-order valence-corrected chi connectivity index (χ1v) is 7.06. The third-order valence-electron chi connectivity index (χ3n) is 3.90. The van der Waals surface area contributed by atoms with Crippen LogP contribution in [0.1, 0.15) is 45.4 Å². The van der Waals surface area contributed by atoms with Gasteiger partial charge in [-0.3, -0.25) is 4.79 Å². The Morgan fingerprint density at radius 2 is 1.89 bits per heavy atom. The monoisotopic (exact) mass is 271 g/mol. The lowest BCUT2D eigenvalue weighted by atomic mass is 9.85. The lowest BCUT2D eigenvalue weighted by Crippen LogP contribution is -2.39. The summed E-state index contributed by atoms with van der Waals surface area (Å²) in [6.07, 6.45) is 7.50.